The summed E-state index contributed by atoms with van der Waals surface area (Å²) in [4.78, 5) is 21.8. The molecule has 1 aromatic rings. The smallest absolute Gasteiger partial charge is 0.471 e. The van der Waals surface area contributed by atoms with Crippen LogP contribution in [0.1, 0.15) is 5.56 Å². The van der Waals surface area contributed by atoms with Crippen molar-refractivity contribution in [2.24, 2.45) is 0 Å². The molecule has 10 heteroatoms. The van der Waals surface area contributed by atoms with Crippen molar-refractivity contribution in [2.45, 2.75) is 6.18 Å². The van der Waals surface area contributed by atoms with E-state index in [0.717, 1.165) is 18.2 Å². The average Bonchev–Trinajstić information content (AvgIpc) is 2.41. The first kappa shape index (κ1) is 18.8. The van der Waals surface area contributed by atoms with Crippen LogP contribution in [0.4, 0.5) is 17.6 Å². The zero-order valence-corrected chi connectivity index (χ0v) is 12.3. The second-order valence-electron chi connectivity index (χ2n) is 4.17. The van der Waals surface area contributed by atoms with Gasteiger partial charge in [0.1, 0.15) is 11.6 Å². The lowest BCUT2D eigenvalue weighted by Crippen LogP contribution is -2.38. The molecule has 0 aliphatic carbocycles. The van der Waals surface area contributed by atoms with Gasteiger partial charge in [0.15, 0.2) is 0 Å². The minimum atomic E-state index is -5.15. The molecule has 0 aliphatic heterocycles. The Morgan fingerprint density at radius 1 is 1.39 bits per heavy atom. The number of methoxy groups -OCH3 is 1. The first-order valence-electron chi connectivity index (χ1n) is 5.88. The summed E-state index contributed by atoms with van der Waals surface area (Å²) in [6, 6.07) is 1.81. The molecule has 0 aliphatic rings. The van der Waals surface area contributed by atoms with Gasteiger partial charge in [-0.05, 0) is 18.2 Å². The Morgan fingerprint density at radius 3 is 2.48 bits per heavy atom. The summed E-state index contributed by atoms with van der Waals surface area (Å²) >= 11 is 5.73. The molecule has 2 N–H and O–H groups in total. The van der Waals surface area contributed by atoms with Crippen molar-refractivity contribution in [3.63, 3.8) is 0 Å². The van der Waals surface area contributed by atoms with Gasteiger partial charge in [-0.15, -0.1) is 0 Å². The third kappa shape index (κ3) is 5.13. The molecule has 0 heterocycles. The quantitative estimate of drug-likeness (QED) is 0.629. The van der Waals surface area contributed by atoms with Crippen LogP contribution in [-0.4, -0.2) is 36.8 Å². The molecule has 0 spiro atoms. The van der Waals surface area contributed by atoms with E-state index >= 15 is 0 Å². The first-order chi connectivity index (χ1) is 10.6. The molecule has 0 aromatic heterocycles. The lowest BCUT2D eigenvalue weighted by Gasteiger charge is -2.10. The van der Waals surface area contributed by atoms with E-state index in [1.807, 2.05) is 0 Å². The van der Waals surface area contributed by atoms with E-state index in [4.69, 9.17) is 21.4 Å². The predicted octanol–water partition coefficient (Wildman–Crippen LogP) is 2.63. The molecule has 1 rings (SSSR count). The van der Waals surface area contributed by atoms with Gasteiger partial charge in [0, 0.05) is 5.56 Å². The van der Waals surface area contributed by atoms with Crippen LogP contribution in [0.5, 0.6) is 5.75 Å². The minimum absolute atomic E-state index is 0.0611. The van der Waals surface area contributed by atoms with E-state index in [1.165, 1.54) is 12.4 Å². The maximum absolute atomic E-state index is 13.3. The van der Waals surface area contributed by atoms with Crippen LogP contribution in [-0.2, 0) is 9.59 Å². The Hall–Kier alpha value is -2.29. The number of hydrogen-bond donors (Lipinski definition) is 2. The van der Waals surface area contributed by atoms with E-state index in [1.54, 1.807) is 0 Å². The van der Waals surface area contributed by atoms with Crippen LogP contribution in [0.25, 0.3) is 6.08 Å². The van der Waals surface area contributed by atoms with E-state index in [2.05, 4.69) is 0 Å². The fourth-order valence-corrected chi connectivity index (χ4v) is 1.85. The topological polar surface area (TPSA) is 75.6 Å². The summed E-state index contributed by atoms with van der Waals surface area (Å²) in [5, 5.41) is 10.2. The molecule has 0 unspecified atom stereocenters. The van der Waals surface area contributed by atoms with Gasteiger partial charge in [0.25, 0.3) is 0 Å². The number of ether oxygens (including phenoxy) is 1. The van der Waals surface area contributed by atoms with Crippen LogP contribution in [0.2, 0.25) is 5.02 Å². The molecule has 1 aromatic carbocycles. The number of hydrogen-bond acceptors (Lipinski definition) is 3. The largest absolute Gasteiger partial charge is 0.495 e. The molecular formula is C13H10ClF4NO4. The third-order valence-electron chi connectivity index (χ3n) is 2.54. The Balaban J connectivity index is 3.14. The Labute approximate surface area is 132 Å². The molecule has 126 valence electrons. The summed E-state index contributed by atoms with van der Waals surface area (Å²) in [6.07, 6.45) is -4.30. The Kier molecular flexibility index (Phi) is 5.97. The normalized spacial score (nSPS) is 12.0. The Morgan fingerprint density at radius 2 is 2.00 bits per heavy atom. The second kappa shape index (κ2) is 7.32. The monoisotopic (exact) mass is 355 g/mol. The third-order valence-corrected chi connectivity index (χ3v) is 2.82. The van der Waals surface area contributed by atoms with Crippen molar-refractivity contribution >= 4 is 29.6 Å². The molecular weight excluding hydrogens is 346 g/mol. The van der Waals surface area contributed by atoms with Crippen LogP contribution >= 0.6 is 11.6 Å². The SMILES string of the molecule is COc1c(Cl)cc(F)cc1/C=C(\CNC(=O)C(F)(F)F)C(=O)O. The van der Waals surface area contributed by atoms with Crippen molar-refractivity contribution in [3.8, 4) is 5.75 Å². The molecule has 0 saturated heterocycles. The maximum Gasteiger partial charge on any atom is 0.471 e. The number of carboxylic acid groups (broad SMARTS) is 1. The highest BCUT2D eigenvalue weighted by molar-refractivity contribution is 6.32. The first-order valence-corrected chi connectivity index (χ1v) is 6.26. The van der Waals surface area contributed by atoms with E-state index < -0.39 is 36.0 Å². The molecule has 0 saturated carbocycles. The van der Waals surface area contributed by atoms with Gasteiger partial charge >= 0.3 is 18.1 Å². The number of carbonyl (C=O) groups is 2. The van der Waals surface area contributed by atoms with Crippen molar-refractivity contribution in [2.75, 3.05) is 13.7 Å². The number of alkyl halides is 3. The molecule has 23 heavy (non-hydrogen) atoms. The van der Waals surface area contributed by atoms with Crippen molar-refractivity contribution in [1.29, 1.82) is 0 Å². The lowest BCUT2D eigenvalue weighted by molar-refractivity contribution is -0.173. The van der Waals surface area contributed by atoms with Gasteiger partial charge in [-0.2, -0.15) is 13.2 Å². The predicted molar refractivity (Wildman–Crippen MR) is 72.6 cm³/mol. The number of halogens is 5. The van der Waals surface area contributed by atoms with Crippen LogP contribution in [0, 0.1) is 5.82 Å². The van der Waals surface area contributed by atoms with Gasteiger partial charge in [0.2, 0.25) is 0 Å². The number of rotatable bonds is 5. The van der Waals surface area contributed by atoms with E-state index in [9.17, 15) is 27.2 Å². The highest BCUT2D eigenvalue weighted by Gasteiger charge is 2.38. The second-order valence-corrected chi connectivity index (χ2v) is 4.57. The molecule has 0 fully saturated rings. The van der Waals surface area contributed by atoms with E-state index in [0.29, 0.717) is 0 Å². The van der Waals surface area contributed by atoms with Gasteiger partial charge in [-0.25, -0.2) is 9.18 Å². The van der Waals surface area contributed by atoms with E-state index in [-0.39, 0.29) is 16.3 Å². The van der Waals surface area contributed by atoms with Crippen LogP contribution in [0.15, 0.2) is 17.7 Å². The summed E-state index contributed by atoms with van der Waals surface area (Å²) in [6.45, 7) is -0.926. The zero-order valence-electron chi connectivity index (χ0n) is 11.5. The highest BCUT2D eigenvalue weighted by Crippen LogP contribution is 2.31. The molecule has 0 radical (unpaired) electrons. The Bertz CT molecular complexity index is 658. The van der Waals surface area contributed by atoms with Crippen LogP contribution < -0.4 is 10.1 Å². The number of benzene rings is 1. The average molecular weight is 356 g/mol. The maximum atomic E-state index is 13.3. The van der Waals surface area contributed by atoms with Crippen LogP contribution in [0.3, 0.4) is 0 Å². The van der Waals surface area contributed by atoms with Crippen molar-refractivity contribution in [3.05, 3.63) is 34.1 Å². The minimum Gasteiger partial charge on any atom is -0.495 e. The number of carboxylic acids is 1. The van der Waals surface area contributed by atoms with Gasteiger partial charge in [-0.3, -0.25) is 4.79 Å². The lowest BCUT2D eigenvalue weighted by atomic mass is 10.1. The number of aliphatic carboxylic acids is 1. The summed E-state index contributed by atoms with van der Waals surface area (Å²) < 4.78 is 54.5. The summed E-state index contributed by atoms with van der Waals surface area (Å²) in [5.41, 5.74) is -0.723. The van der Waals surface area contributed by atoms with Crippen molar-refractivity contribution < 1.29 is 37.0 Å². The zero-order chi connectivity index (χ0) is 17.8. The molecule has 0 bridgehead atoms. The fraction of sp³-hybridized carbons (Fsp3) is 0.231. The van der Waals surface area contributed by atoms with Crippen molar-refractivity contribution in [1.82, 2.24) is 5.32 Å². The summed E-state index contributed by atoms with van der Waals surface area (Å²) in [5.74, 6) is -4.76. The fourth-order valence-electron chi connectivity index (χ4n) is 1.55. The van der Waals surface area contributed by atoms with Gasteiger partial charge in [-0.1, -0.05) is 11.6 Å². The summed E-state index contributed by atoms with van der Waals surface area (Å²) in [7, 11) is 1.20. The molecule has 5 nitrogen and oxygen atoms in total. The standard InChI is InChI=1S/C13H10ClF4NO4/c1-23-10-6(3-8(15)4-9(10)14)2-7(11(20)21)5-19-12(22)13(16,17)18/h2-4H,5H2,1H3,(H,19,22)(H,20,21)/b7-2+. The van der Waals surface area contributed by atoms with Gasteiger partial charge in [0.05, 0.1) is 24.3 Å². The van der Waals surface area contributed by atoms with Gasteiger partial charge < -0.3 is 15.2 Å². The molecule has 1 amide bonds. The number of amides is 1. The number of nitrogens with one attached hydrogen (secondary N) is 1. The highest BCUT2D eigenvalue weighted by atomic mass is 35.5. The molecule has 0 atom stereocenters. The number of carbonyl (C=O) groups excluding carboxylic acids is 1.